The van der Waals surface area contributed by atoms with Crippen LogP contribution in [0.25, 0.3) is 11.3 Å². The molecular weight excluding hydrogens is 378 g/mol. The van der Waals surface area contributed by atoms with Crippen LogP contribution in [-0.4, -0.2) is 15.2 Å². The summed E-state index contributed by atoms with van der Waals surface area (Å²) in [4.78, 5) is 13.9. The zero-order valence-electron chi connectivity index (χ0n) is 17.6. The Hall–Kier alpha value is -2.53. The number of hydrogen-bond acceptors (Lipinski definition) is 4. The van der Waals surface area contributed by atoms with Crippen molar-refractivity contribution in [2.24, 2.45) is 0 Å². The molecule has 0 bridgehead atoms. The number of hydrogen-bond donors (Lipinski definition) is 1. The summed E-state index contributed by atoms with van der Waals surface area (Å²) in [6.07, 6.45) is 2.03. The van der Waals surface area contributed by atoms with E-state index in [1.54, 1.807) is 16.4 Å². The van der Waals surface area contributed by atoms with Gasteiger partial charge in [0.05, 0.1) is 10.3 Å². The van der Waals surface area contributed by atoms with Crippen LogP contribution in [0.15, 0.2) is 64.3 Å². The summed E-state index contributed by atoms with van der Waals surface area (Å²) in [5.74, 6) is 0. The smallest absolute Gasteiger partial charge is 0.291 e. The molecule has 1 N–H and O–H groups in total. The average Bonchev–Trinajstić information content (AvgIpc) is 3.12. The number of benzene rings is 2. The van der Waals surface area contributed by atoms with Gasteiger partial charge in [0.2, 0.25) is 0 Å². The summed E-state index contributed by atoms with van der Waals surface area (Å²) in [6, 6.07) is 18.5. The summed E-state index contributed by atoms with van der Waals surface area (Å²) in [7, 11) is 0. The van der Waals surface area contributed by atoms with Crippen LogP contribution < -0.4 is 10.9 Å². The second kappa shape index (κ2) is 9.79. The van der Waals surface area contributed by atoms with Crippen molar-refractivity contribution in [3.05, 3.63) is 76.1 Å². The highest BCUT2D eigenvalue weighted by molar-refractivity contribution is 8.00. The maximum absolute atomic E-state index is 12.9. The van der Waals surface area contributed by atoms with Crippen LogP contribution in [0, 0.1) is 6.92 Å². The van der Waals surface area contributed by atoms with Crippen molar-refractivity contribution >= 4 is 17.4 Å². The molecule has 5 heteroatoms. The van der Waals surface area contributed by atoms with E-state index in [0.717, 1.165) is 22.6 Å². The highest BCUT2D eigenvalue weighted by Crippen LogP contribution is 2.41. The lowest BCUT2D eigenvalue weighted by Gasteiger charge is -2.12. The molecule has 0 amide bonds. The molecule has 3 aromatic rings. The van der Waals surface area contributed by atoms with E-state index in [1.807, 2.05) is 18.2 Å². The first-order valence-electron chi connectivity index (χ1n) is 10.2. The van der Waals surface area contributed by atoms with Gasteiger partial charge in [0.1, 0.15) is 11.4 Å². The van der Waals surface area contributed by atoms with Crippen LogP contribution in [-0.2, 0) is 13.0 Å². The van der Waals surface area contributed by atoms with Crippen molar-refractivity contribution in [3.8, 4) is 11.3 Å². The van der Waals surface area contributed by atoms with E-state index < -0.39 is 0 Å². The molecule has 1 atom stereocenters. The zero-order chi connectivity index (χ0) is 20.8. The van der Waals surface area contributed by atoms with Crippen LogP contribution in [0.3, 0.4) is 0 Å². The van der Waals surface area contributed by atoms with E-state index in [-0.39, 0.29) is 10.9 Å². The van der Waals surface area contributed by atoms with Crippen molar-refractivity contribution < 1.29 is 0 Å². The lowest BCUT2D eigenvalue weighted by molar-refractivity contribution is 0.578. The molecule has 152 valence electrons. The third-order valence-corrected chi connectivity index (χ3v) is 5.64. The normalized spacial score (nSPS) is 14.6. The van der Waals surface area contributed by atoms with Gasteiger partial charge < -0.3 is 5.32 Å². The second-order valence-corrected chi connectivity index (χ2v) is 8.65. The number of thioether (sulfide) groups is 1. The maximum atomic E-state index is 12.9. The number of nitrogens with one attached hydrogen (secondary N) is 1. The van der Waals surface area contributed by atoms with E-state index in [2.05, 4.69) is 69.4 Å². The average molecular weight is 408 g/mol. The number of nitrogens with zero attached hydrogens (tertiary/aromatic N) is 2. The molecule has 0 radical (unpaired) electrons. The highest BCUT2D eigenvalue weighted by atomic mass is 32.2. The number of rotatable bonds is 4. The first-order valence-corrected chi connectivity index (χ1v) is 11.1. The van der Waals surface area contributed by atoms with Crippen LogP contribution in [0.4, 0.5) is 5.69 Å². The summed E-state index contributed by atoms with van der Waals surface area (Å²) >= 11 is 1.67. The molecule has 2 heterocycles. The Bertz CT molecular complexity index is 997. The van der Waals surface area contributed by atoms with Crippen LogP contribution in [0.2, 0.25) is 0 Å². The Balaban J connectivity index is 0.000000755. The Morgan fingerprint density at radius 1 is 1.07 bits per heavy atom. The zero-order valence-corrected chi connectivity index (χ0v) is 18.4. The number of aromatic nitrogens is 2. The predicted octanol–water partition coefficient (Wildman–Crippen LogP) is 5.74. The minimum Gasteiger partial charge on any atom is -0.368 e. The van der Waals surface area contributed by atoms with Crippen molar-refractivity contribution in [2.75, 3.05) is 5.32 Å². The van der Waals surface area contributed by atoms with E-state index in [0.29, 0.717) is 12.2 Å². The van der Waals surface area contributed by atoms with Gasteiger partial charge in [0.15, 0.2) is 0 Å². The van der Waals surface area contributed by atoms with Gasteiger partial charge in [-0.05, 0) is 25.8 Å². The second-order valence-electron chi connectivity index (χ2n) is 7.29. The summed E-state index contributed by atoms with van der Waals surface area (Å²) in [5.41, 5.74) is 4.99. The molecule has 1 aromatic heterocycles. The lowest BCUT2D eigenvalue weighted by atomic mass is 10.1. The number of fused-ring (bicyclic) bond motifs is 1. The standard InChI is InChI=1S/C21H21N3OS.C3H8/c1-14-8-10-17(11-9-14)18-20-19(22-15(2)26-20)21(25)24(23-18)13-12-16-6-4-3-5-7-16;1-3-2/h3-11,15,22H,12-13H2,1-2H3;3H2,1-2H3. The van der Waals surface area contributed by atoms with Gasteiger partial charge in [-0.25, -0.2) is 4.68 Å². The van der Waals surface area contributed by atoms with Crippen molar-refractivity contribution in [1.29, 1.82) is 0 Å². The Labute approximate surface area is 177 Å². The Kier molecular flexibility index (Phi) is 7.15. The van der Waals surface area contributed by atoms with Gasteiger partial charge >= 0.3 is 0 Å². The van der Waals surface area contributed by atoms with Crippen LogP contribution in [0.1, 0.15) is 38.3 Å². The van der Waals surface area contributed by atoms with E-state index in [9.17, 15) is 4.79 Å². The van der Waals surface area contributed by atoms with Gasteiger partial charge in [-0.2, -0.15) is 5.10 Å². The number of anilines is 1. The van der Waals surface area contributed by atoms with Gasteiger partial charge in [-0.3, -0.25) is 4.79 Å². The van der Waals surface area contributed by atoms with Gasteiger partial charge in [0, 0.05) is 12.1 Å². The molecule has 0 saturated heterocycles. The fourth-order valence-electron chi connectivity index (χ4n) is 3.14. The topological polar surface area (TPSA) is 46.9 Å². The van der Waals surface area contributed by atoms with E-state index >= 15 is 0 Å². The SMILES string of the molecule is CCC.Cc1ccc(-c2nn(CCc3ccccc3)c(=O)c3c2SC(C)N3)cc1. The van der Waals surface area contributed by atoms with Crippen molar-refractivity contribution in [3.63, 3.8) is 0 Å². The molecule has 4 nitrogen and oxygen atoms in total. The largest absolute Gasteiger partial charge is 0.368 e. The third-order valence-electron chi connectivity index (χ3n) is 4.53. The fourth-order valence-corrected chi connectivity index (χ4v) is 4.20. The first kappa shape index (κ1) is 21.2. The summed E-state index contributed by atoms with van der Waals surface area (Å²) in [5, 5.41) is 8.23. The third kappa shape index (κ3) is 5.10. The van der Waals surface area contributed by atoms with Gasteiger partial charge in [-0.1, -0.05) is 92.2 Å². The van der Waals surface area contributed by atoms with Crippen molar-refractivity contribution in [2.45, 2.75) is 57.4 Å². The Morgan fingerprint density at radius 2 is 1.72 bits per heavy atom. The molecule has 0 saturated carbocycles. The highest BCUT2D eigenvalue weighted by Gasteiger charge is 2.27. The fraction of sp³-hybridized carbons (Fsp3) is 0.333. The molecule has 29 heavy (non-hydrogen) atoms. The maximum Gasteiger partial charge on any atom is 0.291 e. The molecule has 1 aliphatic heterocycles. The van der Waals surface area contributed by atoms with Crippen LogP contribution in [0.5, 0.6) is 0 Å². The minimum absolute atomic E-state index is 0.0383. The van der Waals surface area contributed by atoms with Gasteiger partial charge in [-0.15, -0.1) is 0 Å². The quantitative estimate of drug-likeness (QED) is 0.599. The number of aryl methyl sites for hydroxylation is 3. The molecule has 1 unspecified atom stereocenters. The van der Waals surface area contributed by atoms with E-state index in [1.165, 1.54) is 17.5 Å². The molecule has 0 aliphatic carbocycles. The predicted molar refractivity (Wildman–Crippen MR) is 124 cm³/mol. The molecule has 0 fully saturated rings. The monoisotopic (exact) mass is 407 g/mol. The Morgan fingerprint density at radius 3 is 2.38 bits per heavy atom. The molecule has 1 aliphatic rings. The first-order chi connectivity index (χ1) is 14.0. The minimum atomic E-state index is -0.0383. The summed E-state index contributed by atoms with van der Waals surface area (Å²) in [6.45, 7) is 8.95. The van der Waals surface area contributed by atoms with E-state index in [4.69, 9.17) is 5.10 Å². The van der Waals surface area contributed by atoms with Gasteiger partial charge in [0.25, 0.3) is 5.56 Å². The molecule has 4 rings (SSSR count). The summed E-state index contributed by atoms with van der Waals surface area (Å²) < 4.78 is 1.60. The molecular formula is C24H29N3OS. The lowest BCUT2D eigenvalue weighted by Crippen LogP contribution is -2.27. The van der Waals surface area contributed by atoms with Crippen LogP contribution >= 0.6 is 11.8 Å². The molecule has 0 spiro atoms. The van der Waals surface area contributed by atoms with Crippen molar-refractivity contribution in [1.82, 2.24) is 9.78 Å². The molecule has 2 aromatic carbocycles.